The number of halogens is 2. The minimum absolute atomic E-state index is 0.0984. The number of nitrogens with zero attached hydrogens (tertiary/aromatic N) is 2. The van der Waals surface area contributed by atoms with Crippen LogP contribution in [0.3, 0.4) is 0 Å². The quantitative estimate of drug-likeness (QED) is 0.315. The number of hydrogen-bond acceptors (Lipinski definition) is 6. The van der Waals surface area contributed by atoms with Crippen molar-refractivity contribution in [3.63, 3.8) is 0 Å². The number of hydrogen-bond donors (Lipinski definition) is 3. The number of nitrogens with one attached hydrogen (secondary N) is 3. The molecule has 11 heteroatoms. The third-order valence-electron chi connectivity index (χ3n) is 5.50. The van der Waals surface area contributed by atoms with Crippen molar-refractivity contribution in [2.75, 3.05) is 42.3 Å². The normalized spacial score (nSPS) is 13.1. The van der Waals surface area contributed by atoms with E-state index in [0.29, 0.717) is 16.3 Å². The SMILES string of the molecule is COc1ccc(NC(=O)c2ccc(C(=N)N3CCSCC3)cc2F)c(C(=O)Nc2ccc(Cl)cn2)c1. The van der Waals surface area contributed by atoms with Gasteiger partial charge in [-0.05, 0) is 42.5 Å². The minimum Gasteiger partial charge on any atom is -0.497 e. The summed E-state index contributed by atoms with van der Waals surface area (Å²) in [5.41, 5.74) is 0.453. The molecule has 0 unspecified atom stereocenters. The van der Waals surface area contributed by atoms with Gasteiger partial charge in [0.1, 0.15) is 23.2 Å². The van der Waals surface area contributed by atoms with Gasteiger partial charge in [-0.25, -0.2) is 9.37 Å². The van der Waals surface area contributed by atoms with E-state index in [1.165, 1.54) is 43.6 Å². The molecule has 1 fully saturated rings. The predicted octanol–water partition coefficient (Wildman–Crippen LogP) is 4.76. The molecule has 1 aliphatic rings. The van der Waals surface area contributed by atoms with Crippen molar-refractivity contribution < 1.29 is 18.7 Å². The number of amides is 2. The molecule has 36 heavy (non-hydrogen) atoms. The van der Waals surface area contributed by atoms with Crippen molar-refractivity contribution in [3.05, 3.63) is 82.3 Å². The van der Waals surface area contributed by atoms with Crippen LogP contribution in [-0.4, -0.2) is 59.2 Å². The molecule has 1 aliphatic heterocycles. The Hall–Kier alpha value is -3.63. The molecule has 0 saturated carbocycles. The first-order valence-electron chi connectivity index (χ1n) is 11.0. The second kappa shape index (κ2) is 11.4. The Labute approximate surface area is 216 Å². The number of methoxy groups -OCH3 is 1. The molecule has 8 nitrogen and oxygen atoms in total. The van der Waals surface area contributed by atoms with E-state index in [-0.39, 0.29) is 28.5 Å². The number of rotatable bonds is 6. The van der Waals surface area contributed by atoms with Crippen LogP contribution in [0.4, 0.5) is 15.9 Å². The molecule has 2 heterocycles. The topological polar surface area (TPSA) is 107 Å². The van der Waals surface area contributed by atoms with Crippen molar-refractivity contribution in [1.29, 1.82) is 5.41 Å². The monoisotopic (exact) mass is 527 g/mol. The van der Waals surface area contributed by atoms with Gasteiger partial charge >= 0.3 is 0 Å². The van der Waals surface area contributed by atoms with Gasteiger partial charge in [0.15, 0.2) is 0 Å². The third-order valence-corrected chi connectivity index (χ3v) is 6.67. The lowest BCUT2D eigenvalue weighted by Gasteiger charge is -2.28. The van der Waals surface area contributed by atoms with Crippen LogP contribution in [0.2, 0.25) is 5.02 Å². The maximum Gasteiger partial charge on any atom is 0.259 e. The van der Waals surface area contributed by atoms with Gasteiger partial charge in [0.25, 0.3) is 11.8 Å². The molecule has 2 amide bonds. The van der Waals surface area contributed by atoms with Gasteiger partial charge in [0.05, 0.1) is 28.9 Å². The number of carbonyl (C=O) groups is 2. The molecule has 0 aliphatic carbocycles. The van der Waals surface area contributed by atoms with Gasteiger partial charge in [0.2, 0.25) is 0 Å². The van der Waals surface area contributed by atoms with Gasteiger partial charge in [-0.3, -0.25) is 15.0 Å². The number of thioether (sulfide) groups is 1. The number of amidine groups is 1. The second-order valence-corrected chi connectivity index (χ2v) is 9.49. The van der Waals surface area contributed by atoms with E-state index in [1.54, 1.807) is 18.2 Å². The standard InChI is InChI=1S/C25H23ClFN5O3S/c1-35-17-4-6-21(19(13-17)25(34)31-22-7-3-16(26)14-29-22)30-24(33)18-5-2-15(12-20(18)27)23(28)32-8-10-36-11-9-32/h2-7,12-14,28H,8-11H2,1H3,(H,30,33)(H,29,31,34). The fourth-order valence-corrected chi connectivity index (χ4v) is 4.60. The van der Waals surface area contributed by atoms with Crippen LogP contribution in [0.5, 0.6) is 5.75 Å². The molecule has 0 bridgehead atoms. The van der Waals surface area contributed by atoms with Crippen LogP contribution in [-0.2, 0) is 0 Å². The largest absolute Gasteiger partial charge is 0.497 e. The lowest BCUT2D eigenvalue weighted by atomic mass is 10.1. The highest BCUT2D eigenvalue weighted by atomic mass is 35.5. The molecular formula is C25H23ClFN5O3S. The minimum atomic E-state index is -0.758. The molecule has 0 radical (unpaired) electrons. The summed E-state index contributed by atoms with van der Waals surface area (Å²) < 4.78 is 20.1. The number of benzene rings is 2. The summed E-state index contributed by atoms with van der Waals surface area (Å²) in [6, 6.07) is 11.7. The summed E-state index contributed by atoms with van der Waals surface area (Å²) in [7, 11) is 1.45. The average molecular weight is 528 g/mol. The maximum absolute atomic E-state index is 14.9. The second-order valence-electron chi connectivity index (χ2n) is 7.82. The molecule has 4 rings (SSSR count). The Morgan fingerprint density at radius 3 is 2.47 bits per heavy atom. The van der Waals surface area contributed by atoms with Gasteiger partial charge in [-0.1, -0.05) is 17.7 Å². The zero-order chi connectivity index (χ0) is 25.7. The van der Waals surface area contributed by atoms with Crippen LogP contribution < -0.4 is 15.4 Å². The van der Waals surface area contributed by atoms with Crippen LogP contribution >= 0.6 is 23.4 Å². The number of ether oxygens (including phenoxy) is 1. The number of aromatic nitrogens is 1. The highest BCUT2D eigenvalue weighted by Gasteiger charge is 2.21. The molecule has 3 aromatic rings. The zero-order valence-corrected chi connectivity index (χ0v) is 20.9. The fourth-order valence-electron chi connectivity index (χ4n) is 3.59. The van der Waals surface area contributed by atoms with Crippen LogP contribution in [0.1, 0.15) is 26.3 Å². The lowest BCUT2D eigenvalue weighted by Crippen LogP contribution is -2.38. The first kappa shape index (κ1) is 25.5. The summed E-state index contributed by atoms with van der Waals surface area (Å²) in [5, 5.41) is 14.0. The Morgan fingerprint density at radius 2 is 1.81 bits per heavy atom. The summed E-state index contributed by atoms with van der Waals surface area (Å²) in [5.74, 6) is 0.672. The third kappa shape index (κ3) is 5.95. The van der Waals surface area contributed by atoms with Crippen LogP contribution in [0.15, 0.2) is 54.7 Å². The Balaban J connectivity index is 1.54. The van der Waals surface area contributed by atoms with Crippen molar-refractivity contribution in [2.45, 2.75) is 0 Å². The first-order valence-corrected chi connectivity index (χ1v) is 12.5. The molecule has 186 valence electrons. The highest BCUT2D eigenvalue weighted by molar-refractivity contribution is 7.99. The van der Waals surface area contributed by atoms with E-state index in [4.69, 9.17) is 21.7 Å². The van der Waals surface area contributed by atoms with Crippen molar-refractivity contribution in [2.24, 2.45) is 0 Å². The van der Waals surface area contributed by atoms with Crippen LogP contribution in [0, 0.1) is 11.2 Å². The first-order chi connectivity index (χ1) is 17.4. The summed E-state index contributed by atoms with van der Waals surface area (Å²) in [6.45, 7) is 1.45. The molecule has 2 aromatic carbocycles. The molecule has 1 saturated heterocycles. The van der Waals surface area contributed by atoms with Gasteiger partial charge in [0, 0.05) is 36.4 Å². The maximum atomic E-state index is 14.9. The summed E-state index contributed by atoms with van der Waals surface area (Å²) in [6.07, 6.45) is 1.39. The van der Waals surface area contributed by atoms with Gasteiger partial charge in [-0.15, -0.1) is 0 Å². The van der Waals surface area contributed by atoms with E-state index in [0.717, 1.165) is 24.6 Å². The van der Waals surface area contributed by atoms with E-state index in [1.807, 2.05) is 16.7 Å². The Kier molecular flexibility index (Phi) is 8.07. The predicted molar refractivity (Wildman–Crippen MR) is 140 cm³/mol. The van der Waals surface area contributed by atoms with E-state index in [2.05, 4.69) is 15.6 Å². The molecule has 3 N–H and O–H groups in total. The average Bonchev–Trinajstić information content (AvgIpc) is 2.90. The lowest BCUT2D eigenvalue weighted by molar-refractivity contribution is 0.102. The van der Waals surface area contributed by atoms with Crippen molar-refractivity contribution >= 4 is 52.5 Å². The Morgan fingerprint density at radius 1 is 1.06 bits per heavy atom. The fraction of sp³-hybridized carbons (Fsp3) is 0.200. The van der Waals surface area contributed by atoms with E-state index < -0.39 is 17.6 Å². The van der Waals surface area contributed by atoms with Gasteiger partial charge < -0.3 is 20.3 Å². The highest BCUT2D eigenvalue weighted by Crippen LogP contribution is 2.25. The number of carbonyl (C=O) groups excluding carboxylic acids is 2. The number of pyridine rings is 1. The Bertz CT molecular complexity index is 1300. The molecule has 1 aromatic heterocycles. The zero-order valence-electron chi connectivity index (χ0n) is 19.3. The molecule has 0 atom stereocenters. The summed E-state index contributed by atoms with van der Waals surface area (Å²) >= 11 is 7.66. The van der Waals surface area contributed by atoms with E-state index in [9.17, 15) is 14.0 Å². The summed E-state index contributed by atoms with van der Waals surface area (Å²) in [4.78, 5) is 31.8. The molecule has 0 spiro atoms. The number of anilines is 2. The van der Waals surface area contributed by atoms with Crippen LogP contribution in [0.25, 0.3) is 0 Å². The molecular weight excluding hydrogens is 505 g/mol. The smallest absolute Gasteiger partial charge is 0.259 e. The van der Waals surface area contributed by atoms with E-state index >= 15 is 0 Å². The van der Waals surface area contributed by atoms with Crippen molar-refractivity contribution in [3.8, 4) is 5.75 Å². The van der Waals surface area contributed by atoms with Crippen molar-refractivity contribution in [1.82, 2.24) is 9.88 Å². The van der Waals surface area contributed by atoms with Gasteiger partial charge in [-0.2, -0.15) is 11.8 Å².